The maximum Gasteiger partial charge on any atom is 0.249 e. The molecule has 2 aromatic carbocycles. The summed E-state index contributed by atoms with van der Waals surface area (Å²) in [4.78, 5) is 14.1. The van der Waals surface area contributed by atoms with Crippen LogP contribution in [0.25, 0.3) is 0 Å². The molecule has 3 nitrogen and oxygen atoms in total. The van der Waals surface area contributed by atoms with Gasteiger partial charge in [-0.2, -0.15) is 0 Å². The van der Waals surface area contributed by atoms with E-state index in [1.54, 1.807) is 42.2 Å². The highest BCUT2D eigenvalue weighted by molar-refractivity contribution is 6.31. The van der Waals surface area contributed by atoms with Gasteiger partial charge in [-0.05, 0) is 42.8 Å². The number of nitrogens with one attached hydrogen (secondary N) is 1. The predicted octanol–water partition coefficient (Wildman–Crippen LogP) is 3.83. The van der Waals surface area contributed by atoms with Crippen LogP contribution in [0.2, 0.25) is 5.02 Å². The van der Waals surface area contributed by atoms with Crippen molar-refractivity contribution in [3.63, 3.8) is 0 Å². The van der Waals surface area contributed by atoms with Gasteiger partial charge in [-0.1, -0.05) is 23.7 Å². The van der Waals surface area contributed by atoms with E-state index in [0.29, 0.717) is 11.6 Å². The van der Waals surface area contributed by atoms with Gasteiger partial charge in [0.2, 0.25) is 5.91 Å². The van der Waals surface area contributed by atoms with Crippen molar-refractivity contribution in [1.29, 1.82) is 0 Å². The van der Waals surface area contributed by atoms with E-state index in [1.807, 2.05) is 0 Å². The Morgan fingerprint density at radius 1 is 1.29 bits per heavy atom. The lowest BCUT2D eigenvalue weighted by molar-refractivity contribution is -0.119. The van der Waals surface area contributed by atoms with E-state index in [2.05, 4.69) is 5.32 Å². The predicted molar refractivity (Wildman–Crippen MR) is 82.1 cm³/mol. The molecule has 0 fully saturated rings. The van der Waals surface area contributed by atoms with Crippen LogP contribution in [0, 0.1) is 5.82 Å². The van der Waals surface area contributed by atoms with Gasteiger partial charge in [0, 0.05) is 5.02 Å². The molecule has 0 bridgehead atoms. The molecular formula is C16H14ClFN2O. The molecule has 0 saturated carbocycles. The second-order valence-electron chi connectivity index (χ2n) is 5.08. The number of carbonyl (C=O) groups is 1. The highest BCUT2D eigenvalue weighted by Gasteiger charge is 2.29. The number of amides is 1. The molecule has 1 aliphatic heterocycles. The van der Waals surface area contributed by atoms with Gasteiger partial charge < -0.3 is 10.2 Å². The van der Waals surface area contributed by atoms with E-state index in [9.17, 15) is 9.18 Å². The third-order valence-electron chi connectivity index (χ3n) is 3.49. The highest BCUT2D eigenvalue weighted by atomic mass is 35.5. The monoisotopic (exact) mass is 304 g/mol. The van der Waals surface area contributed by atoms with Gasteiger partial charge in [-0.15, -0.1) is 0 Å². The zero-order valence-corrected chi connectivity index (χ0v) is 12.2. The zero-order valence-electron chi connectivity index (χ0n) is 11.4. The van der Waals surface area contributed by atoms with E-state index in [-0.39, 0.29) is 17.8 Å². The number of hydrogen-bond donors (Lipinski definition) is 1. The quantitative estimate of drug-likeness (QED) is 0.914. The Labute approximate surface area is 127 Å². The topological polar surface area (TPSA) is 32.3 Å². The summed E-state index contributed by atoms with van der Waals surface area (Å²) >= 11 is 6.00. The molecule has 0 aliphatic carbocycles. The van der Waals surface area contributed by atoms with Crippen molar-refractivity contribution in [3.05, 3.63) is 58.9 Å². The van der Waals surface area contributed by atoms with Gasteiger partial charge in [0.05, 0.1) is 17.9 Å². The second-order valence-corrected chi connectivity index (χ2v) is 5.52. The molecule has 0 saturated heterocycles. The third kappa shape index (κ3) is 2.72. The van der Waals surface area contributed by atoms with Crippen molar-refractivity contribution in [3.8, 4) is 0 Å². The highest BCUT2D eigenvalue weighted by Crippen LogP contribution is 2.34. The lowest BCUT2D eigenvalue weighted by Crippen LogP contribution is -2.45. The van der Waals surface area contributed by atoms with Crippen LogP contribution in [0.15, 0.2) is 42.5 Å². The number of nitrogens with zero attached hydrogens (tertiary/aromatic N) is 1. The van der Waals surface area contributed by atoms with Gasteiger partial charge in [0.15, 0.2) is 0 Å². The number of rotatable bonds is 2. The molecule has 21 heavy (non-hydrogen) atoms. The van der Waals surface area contributed by atoms with Crippen molar-refractivity contribution in [1.82, 2.24) is 0 Å². The van der Waals surface area contributed by atoms with Crippen molar-refractivity contribution >= 4 is 28.9 Å². The standard InChI is InChI=1S/C16H14ClFN2O/c1-10-16(21)20(9-11-3-2-4-13(18)7-11)15-6-5-12(17)8-14(15)19-10/h2-8,10,19H,9H2,1H3. The molecule has 0 aromatic heterocycles. The first kappa shape index (κ1) is 13.9. The van der Waals surface area contributed by atoms with E-state index in [0.717, 1.165) is 16.9 Å². The fraction of sp³-hybridized carbons (Fsp3) is 0.188. The Kier molecular flexibility index (Phi) is 3.55. The fourth-order valence-corrected chi connectivity index (χ4v) is 2.66. The molecule has 1 aliphatic rings. The Morgan fingerprint density at radius 2 is 2.10 bits per heavy atom. The molecule has 1 N–H and O–H groups in total. The summed E-state index contributed by atoms with van der Waals surface area (Å²) in [6.07, 6.45) is 0. The Morgan fingerprint density at radius 3 is 2.86 bits per heavy atom. The van der Waals surface area contributed by atoms with Crippen LogP contribution in [0.5, 0.6) is 0 Å². The number of halogens is 2. The molecule has 2 aromatic rings. The summed E-state index contributed by atoms with van der Waals surface area (Å²) in [5, 5.41) is 3.73. The fourth-order valence-electron chi connectivity index (χ4n) is 2.49. The molecule has 1 heterocycles. The maximum absolute atomic E-state index is 13.3. The molecule has 108 valence electrons. The van der Waals surface area contributed by atoms with Crippen LogP contribution in [-0.2, 0) is 11.3 Å². The van der Waals surface area contributed by atoms with Crippen LogP contribution in [0.4, 0.5) is 15.8 Å². The largest absolute Gasteiger partial charge is 0.372 e. The normalized spacial score (nSPS) is 17.4. The van der Waals surface area contributed by atoms with Crippen molar-refractivity contribution in [2.45, 2.75) is 19.5 Å². The van der Waals surface area contributed by atoms with E-state index in [4.69, 9.17) is 11.6 Å². The first-order valence-electron chi connectivity index (χ1n) is 6.66. The van der Waals surface area contributed by atoms with Gasteiger partial charge in [-0.3, -0.25) is 4.79 Å². The van der Waals surface area contributed by atoms with Crippen LogP contribution < -0.4 is 10.2 Å². The van der Waals surface area contributed by atoms with Crippen molar-refractivity contribution in [2.75, 3.05) is 10.2 Å². The summed E-state index contributed by atoms with van der Waals surface area (Å²) < 4.78 is 13.3. The van der Waals surface area contributed by atoms with Gasteiger partial charge >= 0.3 is 0 Å². The smallest absolute Gasteiger partial charge is 0.249 e. The zero-order chi connectivity index (χ0) is 15.0. The number of carbonyl (C=O) groups excluding carboxylic acids is 1. The molecule has 1 amide bonds. The van der Waals surface area contributed by atoms with E-state index >= 15 is 0 Å². The summed E-state index contributed by atoms with van der Waals surface area (Å²) in [5.74, 6) is -0.353. The minimum absolute atomic E-state index is 0.0471. The summed E-state index contributed by atoms with van der Waals surface area (Å²) in [6, 6.07) is 11.3. The van der Waals surface area contributed by atoms with Crippen molar-refractivity contribution < 1.29 is 9.18 Å². The van der Waals surface area contributed by atoms with Gasteiger partial charge in [0.25, 0.3) is 0 Å². The molecule has 0 spiro atoms. The Hall–Kier alpha value is -2.07. The molecule has 0 radical (unpaired) electrons. The minimum atomic E-state index is -0.343. The van der Waals surface area contributed by atoms with E-state index < -0.39 is 0 Å². The lowest BCUT2D eigenvalue weighted by Gasteiger charge is -2.34. The first-order valence-corrected chi connectivity index (χ1v) is 7.04. The van der Waals surface area contributed by atoms with Crippen LogP contribution in [-0.4, -0.2) is 11.9 Å². The summed E-state index contributed by atoms with van der Waals surface area (Å²) in [5.41, 5.74) is 2.32. The van der Waals surface area contributed by atoms with Crippen LogP contribution in [0.1, 0.15) is 12.5 Å². The third-order valence-corrected chi connectivity index (χ3v) is 3.72. The number of anilines is 2. The van der Waals surface area contributed by atoms with Crippen molar-refractivity contribution in [2.24, 2.45) is 0 Å². The van der Waals surface area contributed by atoms with Crippen LogP contribution in [0.3, 0.4) is 0 Å². The number of hydrogen-bond acceptors (Lipinski definition) is 2. The van der Waals surface area contributed by atoms with Crippen LogP contribution >= 0.6 is 11.6 Å². The number of benzene rings is 2. The molecule has 1 atom stereocenters. The SMILES string of the molecule is CC1Nc2cc(Cl)ccc2N(Cc2cccc(F)c2)C1=O. The molecule has 5 heteroatoms. The second kappa shape index (κ2) is 5.37. The summed E-state index contributed by atoms with van der Waals surface area (Å²) in [6.45, 7) is 2.13. The minimum Gasteiger partial charge on any atom is -0.372 e. The van der Waals surface area contributed by atoms with Gasteiger partial charge in [0.1, 0.15) is 11.9 Å². The van der Waals surface area contributed by atoms with Gasteiger partial charge in [-0.25, -0.2) is 4.39 Å². The Balaban J connectivity index is 1.99. The molecule has 1 unspecified atom stereocenters. The lowest BCUT2D eigenvalue weighted by atomic mass is 10.1. The number of fused-ring (bicyclic) bond motifs is 1. The molecule has 3 rings (SSSR count). The Bertz CT molecular complexity index is 704. The maximum atomic E-state index is 13.3. The average Bonchev–Trinajstić information content (AvgIpc) is 2.44. The summed E-state index contributed by atoms with van der Waals surface area (Å²) in [7, 11) is 0. The average molecular weight is 305 g/mol. The molecular weight excluding hydrogens is 291 g/mol. The van der Waals surface area contributed by atoms with E-state index in [1.165, 1.54) is 12.1 Å². The first-order chi connectivity index (χ1) is 10.0.